The number of aromatic nitrogens is 2. The fourth-order valence-corrected chi connectivity index (χ4v) is 3.38. The van der Waals surface area contributed by atoms with Gasteiger partial charge in [-0.25, -0.2) is 13.8 Å². The number of anilines is 1. The molecule has 1 atom stereocenters. The Morgan fingerprint density at radius 2 is 1.93 bits per heavy atom. The van der Waals surface area contributed by atoms with Crippen LogP contribution in [0.3, 0.4) is 0 Å². The summed E-state index contributed by atoms with van der Waals surface area (Å²) >= 11 is 0. The first-order chi connectivity index (χ1) is 13.5. The molecule has 144 valence electrons. The zero-order valence-electron chi connectivity index (χ0n) is 15.2. The summed E-state index contributed by atoms with van der Waals surface area (Å²) < 4.78 is 39.4. The van der Waals surface area contributed by atoms with Gasteiger partial charge in [-0.2, -0.15) is 0 Å². The van der Waals surface area contributed by atoms with E-state index >= 15 is 0 Å². The average Bonchev–Trinajstić information content (AvgIpc) is 3.12. The minimum absolute atomic E-state index is 0.0921. The number of ether oxygens (including phenoxy) is 2. The van der Waals surface area contributed by atoms with E-state index in [-0.39, 0.29) is 12.3 Å². The van der Waals surface area contributed by atoms with Crippen molar-refractivity contribution in [1.29, 1.82) is 0 Å². The number of amides is 1. The van der Waals surface area contributed by atoms with Crippen LogP contribution in [0.15, 0.2) is 42.7 Å². The molecular weight excluding hydrogens is 368 g/mol. The maximum atomic E-state index is 13.7. The van der Waals surface area contributed by atoms with Crippen LogP contribution in [0, 0.1) is 11.6 Å². The van der Waals surface area contributed by atoms with Gasteiger partial charge in [-0.3, -0.25) is 9.36 Å². The monoisotopic (exact) mass is 385 g/mol. The van der Waals surface area contributed by atoms with E-state index < -0.39 is 17.6 Å². The van der Waals surface area contributed by atoms with Crippen molar-refractivity contribution in [3.63, 3.8) is 0 Å². The molecule has 0 spiro atoms. The number of imidazole rings is 1. The van der Waals surface area contributed by atoms with Gasteiger partial charge in [0.1, 0.15) is 23.6 Å². The Labute approximate surface area is 159 Å². The maximum absolute atomic E-state index is 13.7. The van der Waals surface area contributed by atoms with Crippen molar-refractivity contribution in [1.82, 2.24) is 9.55 Å². The molecule has 8 heteroatoms. The number of benzene rings is 2. The standard InChI is InChI=1S/C20H17F2N3O3/c1-27-12-4-6-16(17(8-12)28-2)25-10-23-19-13(9-18(26)24-20(19)25)11-3-5-14(21)15(22)7-11/h3-8,10,13H,9H2,1-2H3,(H,24,26)/t13-/m1/s1. The van der Waals surface area contributed by atoms with Gasteiger partial charge in [-0.15, -0.1) is 0 Å². The smallest absolute Gasteiger partial charge is 0.226 e. The lowest BCUT2D eigenvalue weighted by Gasteiger charge is -2.24. The number of carbonyl (C=O) groups excluding carboxylic acids is 1. The van der Waals surface area contributed by atoms with Crippen molar-refractivity contribution < 1.29 is 23.0 Å². The quantitative estimate of drug-likeness (QED) is 0.745. The van der Waals surface area contributed by atoms with Gasteiger partial charge in [0.25, 0.3) is 0 Å². The predicted octanol–water partition coefficient (Wildman–Crippen LogP) is 3.64. The highest BCUT2D eigenvalue weighted by atomic mass is 19.2. The maximum Gasteiger partial charge on any atom is 0.226 e. The third kappa shape index (κ3) is 2.96. The number of methoxy groups -OCH3 is 2. The summed E-state index contributed by atoms with van der Waals surface area (Å²) in [5.74, 6) is -0.990. The topological polar surface area (TPSA) is 65.4 Å². The van der Waals surface area contributed by atoms with Crippen LogP contribution in [-0.4, -0.2) is 29.7 Å². The molecule has 2 aromatic carbocycles. The molecule has 4 rings (SSSR count). The third-order valence-corrected chi connectivity index (χ3v) is 4.77. The Balaban J connectivity index is 1.82. The molecule has 0 saturated heterocycles. The van der Waals surface area contributed by atoms with Crippen molar-refractivity contribution in [3.8, 4) is 17.2 Å². The number of nitrogens with zero attached hydrogens (tertiary/aromatic N) is 2. The zero-order chi connectivity index (χ0) is 19.8. The zero-order valence-corrected chi connectivity index (χ0v) is 15.2. The van der Waals surface area contributed by atoms with Gasteiger partial charge in [-0.05, 0) is 29.8 Å². The first-order valence-electron chi connectivity index (χ1n) is 8.56. The Hall–Kier alpha value is -3.42. The largest absolute Gasteiger partial charge is 0.497 e. The molecule has 1 aliphatic rings. The molecule has 0 fully saturated rings. The highest BCUT2D eigenvalue weighted by Crippen LogP contribution is 2.39. The number of nitrogens with one attached hydrogen (secondary N) is 1. The van der Waals surface area contributed by atoms with E-state index in [0.29, 0.717) is 34.3 Å². The lowest BCUT2D eigenvalue weighted by atomic mass is 9.89. The van der Waals surface area contributed by atoms with Gasteiger partial charge in [0.05, 0.1) is 25.6 Å². The van der Waals surface area contributed by atoms with Gasteiger partial charge in [0, 0.05) is 18.4 Å². The molecule has 6 nitrogen and oxygen atoms in total. The molecule has 2 heterocycles. The van der Waals surface area contributed by atoms with Crippen molar-refractivity contribution >= 4 is 11.7 Å². The van der Waals surface area contributed by atoms with Gasteiger partial charge in [0.15, 0.2) is 11.6 Å². The van der Waals surface area contributed by atoms with Gasteiger partial charge < -0.3 is 14.8 Å². The minimum atomic E-state index is -0.957. The van der Waals surface area contributed by atoms with Crippen LogP contribution in [0.4, 0.5) is 14.6 Å². The van der Waals surface area contributed by atoms with Gasteiger partial charge >= 0.3 is 0 Å². The van der Waals surface area contributed by atoms with E-state index in [4.69, 9.17) is 9.47 Å². The Bertz CT molecular complexity index is 1060. The van der Waals surface area contributed by atoms with Crippen molar-refractivity contribution in [2.75, 3.05) is 19.5 Å². The van der Waals surface area contributed by atoms with Gasteiger partial charge in [-0.1, -0.05) is 6.07 Å². The Morgan fingerprint density at radius 1 is 1.11 bits per heavy atom. The molecule has 0 saturated carbocycles. The summed E-state index contributed by atoms with van der Waals surface area (Å²) in [4.78, 5) is 16.8. The molecule has 28 heavy (non-hydrogen) atoms. The van der Waals surface area contributed by atoms with E-state index in [9.17, 15) is 13.6 Å². The third-order valence-electron chi connectivity index (χ3n) is 4.77. The Kier molecular flexibility index (Phi) is 4.46. The number of hydrogen-bond acceptors (Lipinski definition) is 4. The highest BCUT2D eigenvalue weighted by molar-refractivity contribution is 5.94. The van der Waals surface area contributed by atoms with Crippen LogP contribution in [0.5, 0.6) is 11.5 Å². The Morgan fingerprint density at radius 3 is 2.64 bits per heavy atom. The van der Waals surface area contributed by atoms with Crippen LogP contribution in [-0.2, 0) is 4.79 Å². The predicted molar refractivity (Wildman–Crippen MR) is 98.1 cm³/mol. The van der Waals surface area contributed by atoms with E-state index in [0.717, 1.165) is 12.1 Å². The highest BCUT2D eigenvalue weighted by Gasteiger charge is 2.32. The number of carbonyl (C=O) groups is 1. The minimum Gasteiger partial charge on any atom is -0.497 e. The number of rotatable bonds is 4. The molecule has 1 amide bonds. The average molecular weight is 385 g/mol. The summed E-state index contributed by atoms with van der Waals surface area (Å²) in [5, 5.41) is 2.82. The van der Waals surface area contributed by atoms with E-state index in [1.807, 2.05) is 0 Å². The summed E-state index contributed by atoms with van der Waals surface area (Å²) in [6.45, 7) is 0. The van der Waals surface area contributed by atoms with Crippen LogP contribution in [0.25, 0.3) is 5.69 Å². The molecule has 0 radical (unpaired) electrons. The first kappa shape index (κ1) is 18.0. The van der Waals surface area contributed by atoms with Gasteiger partial charge in [0.2, 0.25) is 5.91 Å². The number of hydrogen-bond donors (Lipinski definition) is 1. The van der Waals surface area contributed by atoms with Crippen molar-refractivity contribution in [2.24, 2.45) is 0 Å². The van der Waals surface area contributed by atoms with E-state index in [2.05, 4.69) is 10.3 Å². The second kappa shape index (κ2) is 6.95. The lowest BCUT2D eigenvalue weighted by molar-refractivity contribution is -0.116. The summed E-state index contributed by atoms with van der Waals surface area (Å²) in [7, 11) is 3.09. The summed E-state index contributed by atoms with van der Waals surface area (Å²) in [6.07, 6.45) is 1.66. The van der Waals surface area contributed by atoms with Crippen LogP contribution in [0.1, 0.15) is 23.6 Å². The fraction of sp³-hybridized carbons (Fsp3) is 0.200. The van der Waals surface area contributed by atoms with E-state index in [1.54, 1.807) is 36.2 Å². The van der Waals surface area contributed by atoms with Crippen molar-refractivity contribution in [2.45, 2.75) is 12.3 Å². The lowest BCUT2D eigenvalue weighted by Crippen LogP contribution is -2.25. The molecule has 0 bridgehead atoms. The van der Waals surface area contributed by atoms with E-state index in [1.165, 1.54) is 13.2 Å². The second-order valence-electron chi connectivity index (χ2n) is 6.36. The molecule has 1 N–H and O–H groups in total. The molecule has 3 aromatic rings. The number of halogens is 2. The number of fused-ring (bicyclic) bond motifs is 1. The van der Waals surface area contributed by atoms with Crippen molar-refractivity contribution in [3.05, 3.63) is 65.6 Å². The first-order valence-corrected chi connectivity index (χ1v) is 8.56. The molecule has 0 unspecified atom stereocenters. The van der Waals surface area contributed by atoms with Crippen LogP contribution in [0.2, 0.25) is 0 Å². The molecular formula is C20H17F2N3O3. The normalized spacial score (nSPS) is 15.7. The molecule has 1 aromatic heterocycles. The molecule has 1 aliphatic heterocycles. The summed E-state index contributed by atoms with van der Waals surface area (Å²) in [6, 6.07) is 8.90. The van der Waals surface area contributed by atoms with Crippen LogP contribution >= 0.6 is 0 Å². The second-order valence-corrected chi connectivity index (χ2v) is 6.36. The van der Waals surface area contributed by atoms with Crippen LogP contribution < -0.4 is 14.8 Å². The molecule has 0 aliphatic carbocycles. The summed E-state index contributed by atoms with van der Waals surface area (Å²) in [5.41, 5.74) is 1.72. The fourth-order valence-electron chi connectivity index (χ4n) is 3.38. The SMILES string of the molecule is COc1ccc(-n2cnc3c2NC(=O)C[C@@H]3c2ccc(F)c(F)c2)c(OC)c1.